The third-order valence-corrected chi connectivity index (χ3v) is 2.96. The van der Waals surface area contributed by atoms with Gasteiger partial charge < -0.3 is 0 Å². The van der Waals surface area contributed by atoms with Crippen molar-refractivity contribution in [1.29, 1.82) is 0 Å². The molecule has 0 spiro atoms. The molecule has 2 heterocycles. The molecule has 0 fully saturated rings. The molecule has 94 valence electrons. The predicted octanol–water partition coefficient (Wildman–Crippen LogP) is 3.34. The van der Waals surface area contributed by atoms with Crippen LogP contribution in [0.1, 0.15) is 49.8 Å². The number of nitrogens with zero attached hydrogens (tertiary/aromatic N) is 3. The minimum Gasteiger partial charge on any atom is -0.261 e. The van der Waals surface area contributed by atoms with E-state index in [0.29, 0.717) is 11.8 Å². The molecule has 1 atom stereocenters. The Hall–Kier alpha value is -1.77. The van der Waals surface area contributed by atoms with Crippen LogP contribution in [0.2, 0.25) is 0 Å². The molecule has 0 bridgehead atoms. The normalized spacial score (nSPS) is 12.7. The smallest absolute Gasteiger partial charge is 0.131 e. The fourth-order valence-corrected chi connectivity index (χ4v) is 1.89. The summed E-state index contributed by atoms with van der Waals surface area (Å²) in [5.74, 6) is 1.66. The number of rotatable bonds is 4. The molecule has 0 aliphatic heterocycles. The number of hydrogen-bond donors (Lipinski definition) is 0. The van der Waals surface area contributed by atoms with Gasteiger partial charge >= 0.3 is 0 Å². The van der Waals surface area contributed by atoms with Gasteiger partial charge in [-0.1, -0.05) is 26.8 Å². The van der Waals surface area contributed by atoms with E-state index in [1.807, 2.05) is 30.6 Å². The van der Waals surface area contributed by atoms with Gasteiger partial charge in [0.15, 0.2) is 0 Å². The van der Waals surface area contributed by atoms with E-state index >= 15 is 0 Å². The maximum atomic E-state index is 4.60. The van der Waals surface area contributed by atoms with Crippen LogP contribution in [-0.4, -0.2) is 15.0 Å². The molecule has 2 rings (SSSR count). The maximum absolute atomic E-state index is 4.60. The first-order valence-corrected chi connectivity index (χ1v) is 6.39. The lowest BCUT2D eigenvalue weighted by molar-refractivity contribution is 0.691. The van der Waals surface area contributed by atoms with Crippen LogP contribution in [-0.2, 0) is 6.42 Å². The quantitative estimate of drug-likeness (QED) is 0.824. The molecule has 0 saturated carbocycles. The third-order valence-electron chi connectivity index (χ3n) is 2.96. The fourth-order valence-electron chi connectivity index (χ4n) is 1.89. The molecular formula is C15H19N3. The van der Waals surface area contributed by atoms with Crippen LogP contribution in [0.15, 0.2) is 36.7 Å². The van der Waals surface area contributed by atoms with E-state index in [4.69, 9.17) is 0 Å². The van der Waals surface area contributed by atoms with E-state index in [2.05, 4.69) is 41.8 Å². The summed E-state index contributed by atoms with van der Waals surface area (Å²) in [4.78, 5) is 13.3. The van der Waals surface area contributed by atoms with Crippen molar-refractivity contribution in [3.8, 4) is 0 Å². The molecule has 18 heavy (non-hydrogen) atoms. The van der Waals surface area contributed by atoms with E-state index in [0.717, 1.165) is 23.6 Å². The average molecular weight is 241 g/mol. The molecule has 3 nitrogen and oxygen atoms in total. The van der Waals surface area contributed by atoms with Crippen LogP contribution in [0.4, 0.5) is 0 Å². The zero-order chi connectivity index (χ0) is 13.0. The molecule has 3 heteroatoms. The highest BCUT2D eigenvalue weighted by Gasteiger charge is 2.10. The summed E-state index contributed by atoms with van der Waals surface area (Å²) >= 11 is 0. The van der Waals surface area contributed by atoms with Crippen molar-refractivity contribution in [2.24, 2.45) is 0 Å². The Morgan fingerprint density at radius 3 is 2.50 bits per heavy atom. The molecule has 0 aromatic carbocycles. The van der Waals surface area contributed by atoms with Crippen LogP contribution in [0.3, 0.4) is 0 Å². The van der Waals surface area contributed by atoms with Crippen molar-refractivity contribution in [2.75, 3.05) is 0 Å². The van der Waals surface area contributed by atoms with Gasteiger partial charge in [-0.05, 0) is 24.6 Å². The predicted molar refractivity (Wildman–Crippen MR) is 72.5 cm³/mol. The van der Waals surface area contributed by atoms with Crippen LogP contribution in [0, 0.1) is 0 Å². The second-order valence-electron chi connectivity index (χ2n) is 4.92. The van der Waals surface area contributed by atoms with Gasteiger partial charge in [-0.3, -0.25) is 4.98 Å². The highest BCUT2D eigenvalue weighted by molar-refractivity contribution is 5.13. The molecule has 0 aliphatic rings. The van der Waals surface area contributed by atoms with Crippen molar-refractivity contribution < 1.29 is 0 Å². The van der Waals surface area contributed by atoms with Crippen LogP contribution >= 0.6 is 0 Å². The molecule has 0 saturated heterocycles. The van der Waals surface area contributed by atoms with Crippen molar-refractivity contribution in [3.05, 3.63) is 53.9 Å². The van der Waals surface area contributed by atoms with Gasteiger partial charge in [0, 0.05) is 35.6 Å². The van der Waals surface area contributed by atoms with Crippen LogP contribution < -0.4 is 0 Å². The first-order chi connectivity index (χ1) is 8.66. The maximum Gasteiger partial charge on any atom is 0.131 e. The number of hydrogen-bond acceptors (Lipinski definition) is 3. The lowest BCUT2D eigenvalue weighted by Gasteiger charge is -2.11. The summed E-state index contributed by atoms with van der Waals surface area (Å²) in [6, 6.07) is 8.02. The van der Waals surface area contributed by atoms with E-state index in [1.165, 1.54) is 0 Å². The van der Waals surface area contributed by atoms with Gasteiger partial charge in [0.2, 0.25) is 0 Å². The molecule has 0 amide bonds. The Morgan fingerprint density at radius 2 is 1.83 bits per heavy atom. The van der Waals surface area contributed by atoms with Gasteiger partial charge in [0.05, 0.1) is 0 Å². The minimum atomic E-state index is 0.370. The SMILES string of the molecule is CC(C)c1nccc(CC(C)c2ccccn2)n1. The second kappa shape index (κ2) is 5.71. The van der Waals surface area contributed by atoms with E-state index in [9.17, 15) is 0 Å². The lowest BCUT2D eigenvalue weighted by atomic mass is 10.0. The van der Waals surface area contributed by atoms with Crippen LogP contribution in [0.25, 0.3) is 0 Å². The van der Waals surface area contributed by atoms with Crippen molar-refractivity contribution >= 4 is 0 Å². The minimum absolute atomic E-state index is 0.370. The standard InChI is InChI=1S/C15H19N3/c1-11(2)15-17-9-7-13(18-15)10-12(3)14-6-4-5-8-16-14/h4-9,11-12H,10H2,1-3H3. The molecule has 0 N–H and O–H groups in total. The fraction of sp³-hybridized carbons (Fsp3) is 0.400. The zero-order valence-electron chi connectivity index (χ0n) is 11.2. The van der Waals surface area contributed by atoms with E-state index in [-0.39, 0.29) is 0 Å². The van der Waals surface area contributed by atoms with Crippen molar-refractivity contribution in [2.45, 2.75) is 39.0 Å². The summed E-state index contributed by atoms with van der Waals surface area (Å²) < 4.78 is 0. The Kier molecular flexibility index (Phi) is 4.03. The zero-order valence-corrected chi connectivity index (χ0v) is 11.2. The Morgan fingerprint density at radius 1 is 1.00 bits per heavy atom. The molecule has 0 radical (unpaired) electrons. The second-order valence-corrected chi connectivity index (χ2v) is 4.92. The molecule has 0 aliphatic carbocycles. The summed E-state index contributed by atoms with van der Waals surface area (Å²) in [6.07, 6.45) is 4.59. The summed E-state index contributed by atoms with van der Waals surface area (Å²) in [6.45, 7) is 6.40. The molecule has 2 aromatic rings. The first-order valence-electron chi connectivity index (χ1n) is 6.39. The number of pyridine rings is 1. The van der Waals surface area contributed by atoms with E-state index in [1.54, 1.807) is 0 Å². The molecule has 1 unspecified atom stereocenters. The van der Waals surface area contributed by atoms with E-state index < -0.39 is 0 Å². The molecule has 2 aromatic heterocycles. The van der Waals surface area contributed by atoms with Gasteiger partial charge in [-0.2, -0.15) is 0 Å². The Labute approximate surface area is 108 Å². The van der Waals surface area contributed by atoms with Crippen LogP contribution in [0.5, 0.6) is 0 Å². The number of aromatic nitrogens is 3. The summed E-state index contributed by atoms with van der Waals surface area (Å²) in [5, 5.41) is 0. The highest BCUT2D eigenvalue weighted by atomic mass is 14.9. The van der Waals surface area contributed by atoms with Crippen molar-refractivity contribution in [3.63, 3.8) is 0 Å². The van der Waals surface area contributed by atoms with Crippen molar-refractivity contribution in [1.82, 2.24) is 15.0 Å². The Balaban J connectivity index is 2.12. The van der Waals surface area contributed by atoms with Gasteiger partial charge in [-0.15, -0.1) is 0 Å². The van der Waals surface area contributed by atoms with Gasteiger partial charge in [-0.25, -0.2) is 9.97 Å². The van der Waals surface area contributed by atoms with Gasteiger partial charge in [0.25, 0.3) is 0 Å². The average Bonchev–Trinajstić information content (AvgIpc) is 2.40. The summed E-state index contributed by atoms with van der Waals surface area (Å²) in [7, 11) is 0. The highest BCUT2D eigenvalue weighted by Crippen LogP contribution is 2.18. The lowest BCUT2D eigenvalue weighted by Crippen LogP contribution is -2.05. The third kappa shape index (κ3) is 3.13. The largest absolute Gasteiger partial charge is 0.261 e. The Bertz CT molecular complexity index is 494. The van der Waals surface area contributed by atoms with Gasteiger partial charge in [0.1, 0.15) is 5.82 Å². The first kappa shape index (κ1) is 12.7. The summed E-state index contributed by atoms with van der Waals surface area (Å²) in [5.41, 5.74) is 2.20. The topological polar surface area (TPSA) is 38.7 Å². The molecular weight excluding hydrogens is 222 g/mol. The monoisotopic (exact) mass is 241 g/mol.